The number of rotatable bonds is 3. The molecule has 1 aromatic carbocycles. The zero-order valence-corrected chi connectivity index (χ0v) is 12.7. The predicted molar refractivity (Wildman–Crippen MR) is 85.7 cm³/mol. The SMILES string of the molecule is C/C(=N\N(C)c1ccc(Cl)cn1)c1cc(Cl)ccc1N. The Bertz CT molecular complexity index is 638. The lowest BCUT2D eigenvalue weighted by atomic mass is 10.1. The van der Waals surface area contributed by atoms with E-state index in [2.05, 4.69) is 10.1 Å². The molecular weight excluding hydrogens is 295 g/mol. The van der Waals surface area contributed by atoms with E-state index in [0.717, 1.165) is 11.3 Å². The van der Waals surface area contributed by atoms with E-state index in [9.17, 15) is 0 Å². The molecule has 0 aliphatic rings. The normalized spacial score (nSPS) is 11.5. The number of hydrogen-bond acceptors (Lipinski definition) is 4. The number of pyridine rings is 1. The van der Waals surface area contributed by atoms with Gasteiger partial charge >= 0.3 is 0 Å². The van der Waals surface area contributed by atoms with E-state index >= 15 is 0 Å². The van der Waals surface area contributed by atoms with Crippen molar-refractivity contribution in [2.75, 3.05) is 17.8 Å². The molecule has 0 atom stereocenters. The lowest BCUT2D eigenvalue weighted by molar-refractivity contribution is 0.975. The van der Waals surface area contributed by atoms with Gasteiger partial charge in [0.25, 0.3) is 0 Å². The average molecular weight is 309 g/mol. The van der Waals surface area contributed by atoms with Crippen LogP contribution in [0.4, 0.5) is 11.5 Å². The fourth-order valence-electron chi connectivity index (χ4n) is 1.73. The van der Waals surface area contributed by atoms with E-state index < -0.39 is 0 Å². The first-order valence-corrected chi connectivity index (χ1v) is 6.69. The number of aromatic nitrogens is 1. The van der Waals surface area contributed by atoms with Crippen molar-refractivity contribution in [3.05, 3.63) is 52.1 Å². The first kappa shape index (κ1) is 14.6. The van der Waals surface area contributed by atoms with Crippen LogP contribution in [0.5, 0.6) is 0 Å². The summed E-state index contributed by atoms with van der Waals surface area (Å²) < 4.78 is 0. The highest BCUT2D eigenvalue weighted by Crippen LogP contribution is 2.20. The topological polar surface area (TPSA) is 54.5 Å². The van der Waals surface area contributed by atoms with E-state index in [0.29, 0.717) is 21.6 Å². The molecule has 0 saturated carbocycles. The third-order valence-electron chi connectivity index (χ3n) is 2.75. The highest BCUT2D eigenvalue weighted by atomic mass is 35.5. The van der Waals surface area contributed by atoms with Gasteiger partial charge in [-0.25, -0.2) is 4.98 Å². The van der Waals surface area contributed by atoms with Crippen molar-refractivity contribution < 1.29 is 0 Å². The minimum absolute atomic E-state index is 0.585. The molecule has 0 unspecified atom stereocenters. The number of nitrogen functional groups attached to an aromatic ring is 1. The number of anilines is 2. The molecule has 1 aromatic heterocycles. The Morgan fingerprint density at radius 2 is 1.90 bits per heavy atom. The summed E-state index contributed by atoms with van der Waals surface area (Å²) in [6.07, 6.45) is 1.58. The van der Waals surface area contributed by atoms with Crippen molar-refractivity contribution >= 4 is 40.4 Å². The first-order chi connectivity index (χ1) is 9.47. The number of halogens is 2. The van der Waals surface area contributed by atoms with Gasteiger partial charge in [0.15, 0.2) is 0 Å². The van der Waals surface area contributed by atoms with Crippen LogP contribution in [-0.2, 0) is 0 Å². The van der Waals surface area contributed by atoms with Crippen LogP contribution >= 0.6 is 23.2 Å². The second-order valence-electron chi connectivity index (χ2n) is 4.28. The molecule has 0 aliphatic heterocycles. The molecule has 0 bridgehead atoms. The Morgan fingerprint density at radius 1 is 1.20 bits per heavy atom. The molecule has 1 heterocycles. The molecule has 0 fully saturated rings. The van der Waals surface area contributed by atoms with Gasteiger partial charge in [-0.2, -0.15) is 5.10 Å². The van der Waals surface area contributed by atoms with Gasteiger partial charge in [0.1, 0.15) is 5.82 Å². The van der Waals surface area contributed by atoms with Crippen LogP contribution < -0.4 is 10.7 Å². The Labute approximate surface area is 127 Å². The van der Waals surface area contributed by atoms with Gasteiger partial charge in [0.2, 0.25) is 0 Å². The van der Waals surface area contributed by atoms with Crippen LogP contribution in [0.3, 0.4) is 0 Å². The highest BCUT2D eigenvalue weighted by Gasteiger charge is 2.07. The average Bonchev–Trinajstić information content (AvgIpc) is 2.42. The van der Waals surface area contributed by atoms with Gasteiger partial charge in [0, 0.05) is 29.5 Å². The highest BCUT2D eigenvalue weighted by molar-refractivity contribution is 6.31. The maximum absolute atomic E-state index is 5.98. The first-order valence-electron chi connectivity index (χ1n) is 5.93. The largest absolute Gasteiger partial charge is 0.398 e. The second kappa shape index (κ2) is 6.11. The van der Waals surface area contributed by atoms with Gasteiger partial charge < -0.3 is 5.73 Å². The Kier molecular flexibility index (Phi) is 4.47. The number of hydrogen-bond donors (Lipinski definition) is 1. The van der Waals surface area contributed by atoms with Gasteiger partial charge in [-0.15, -0.1) is 0 Å². The van der Waals surface area contributed by atoms with Crippen molar-refractivity contribution in [3.8, 4) is 0 Å². The van der Waals surface area contributed by atoms with E-state index in [1.165, 1.54) is 0 Å². The lowest BCUT2D eigenvalue weighted by Gasteiger charge is -2.14. The maximum Gasteiger partial charge on any atom is 0.148 e. The Balaban J connectivity index is 2.29. The molecule has 0 amide bonds. The number of nitrogens with zero attached hydrogens (tertiary/aromatic N) is 3. The van der Waals surface area contributed by atoms with Crippen LogP contribution in [0.15, 0.2) is 41.6 Å². The van der Waals surface area contributed by atoms with Crippen LogP contribution in [0.25, 0.3) is 0 Å². The third-order valence-corrected chi connectivity index (χ3v) is 3.21. The molecule has 20 heavy (non-hydrogen) atoms. The van der Waals surface area contributed by atoms with Gasteiger partial charge in [-0.3, -0.25) is 5.01 Å². The molecule has 2 N–H and O–H groups in total. The number of benzene rings is 1. The minimum Gasteiger partial charge on any atom is -0.398 e. The summed E-state index contributed by atoms with van der Waals surface area (Å²) in [6, 6.07) is 8.85. The molecule has 104 valence electrons. The third kappa shape index (κ3) is 3.40. The Hall–Kier alpha value is -1.78. The smallest absolute Gasteiger partial charge is 0.148 e. The van der Waals surface area contributed by atoms with Crippen molar-refractivity contribution in [1.29, 1.82) is 0 Å². The molecule has 0 saturated heterocycles. The summed E-state index contributed by atoms with van der Waals surface area (Å²) in [6.45, 7) is 1.87. The zero-order chi connectivity index (χ0) is 14.7. The molecule has 2 aromatic rings. The fraction of sp³-hybridized carbons (Fsp3) is 0.143. The molecule has 2 rings (SSSR count). The summed E-state index contributed by atoms with van der Waals surface area (Å²) >= 11 is 11.8. The van der Waals surface area contributed by atoms with Crippen LogP contribution in [0, 0.1) is 0 Å². The van der Waals surface area contributed by atoms with Crippen LogP contribution in [0.2, 0.25) is 10.0 Å². The quantitative estimate of drug-likeness (QED) is 0.532. The monoisotopic (exact) mass is 308 g/mol. The Morgan fingerprint density at radius 3 is 2.55 bits per heavy atom. The van der Waals surface area contributed by atoms with Crippen molar-refractivity contribution in [2.24, 2.45) is 5.10 Å². The maximum atomic E-state index is 5.98. The fourth-order valence-corrected chi connectivity index (χ4v) is 2.02. The van der Waals surface area contributed by atoms with Crippen LogP contribution in [-0.4, -0.2) is 17.7 Å². The van der Waals surface area contributed by atoms with E-state index in [-0.39, 0.29) is 0 Å². The molecule has 0 radical (unpaired) electrons. The van der Waals surface area contributed by atoms with E-state index in [1.54, 1.807) is 48.6 Å². The molecule has 6 heteroatoms. The predicted octanol–water partition coefficient (Wildman–Crippen LogP) is 3.83. The molecule has 0 aliphatic carbocycles. The van der Waals surface area contributed by atoms with Crippen LogP contribution in [0.1, 0.15) is 12.5 Å². The molecule has 0 spiro atoms. The minimum atomic E-state index is 0.585. The van der Waals surface area contributed by atoms with Crippen molar-refractivity contribution in [3.63, 3.8) is 0 Å². The summed E-state index contributed by atoms with van der Waals surface area (Å²) in [5, 5.41) is 7.32. The zero-order valence-electron chi connectivity index (χ0n) is 11.1. The molecular formula is C14H14Cl2N4. The van der Waals surface area contributed by atoms with E-state index in [4.69, 9.17) is 28.9 Å². The summed E-state index contributed by atoms with van der Waals surface area (Å²) in [7, 11) is 1.81. The summed E-state index contributed by atoms with van der Waals surface area (Å²) in [4.78, 5) is 4.19. The van der Waals surface area contributed by atoms with E-state index in [1.807, 2.05) is 6.92 Å². The van der Waals surface area contributed by atoms with Gasteiger partial charge in [0.05, 0.1) is 10.7 Å². The standard InChI is InChI=1S/C14H14Cl2N4/c1-9(12-7-10(15)3-5-13(12)17)19-20(2)14-6-4-11(16)8-18-14/h3-8H,17H2,1-2H3/b19-9+. The van der Waals surface area contributed by atoms with Gasteiger partial charge in [-0.1, -0.05) is 23.2 Å². The second-order valence-corrected chi connectivity index (χ2v) is 5.15. The number of hydrazone groups is 1. The lowest BCUT2D eigenvalue weighted by Crippen LogP contribution is -2.14. The van der Waals surface area contributed by atoms with Gasteiger partial charge in [-0.05, 0) is 37.3 Å². The number of nitrogens with two attached hydrogens (primary N) is 1. The summed E-state index contributed by atoms with van der Waals surface area (Å²) in [5.41, 5.74) is 8.12. The van der Waals surface area contributed by atoms with Crippen molar-refractivity contribution in [1.82, 2.24) is 4.98 Å². The van der Waals surface area contributed by atoms with Crippen molar-refractivity contribution in [2.45, 2.75) is 6.92 Å². The summed E-state index contributed by atoms with van der Waals surface area (Å²) in [5.74, 6) is 0.689. The molecule has 4 nitrogen and oxygen atoms in total.